The largest absolute Gasteiger partial charge is 0.383 e. The van der Waals surface area contributed by atoms with E-state index in [4.69, 9.17) is 10.5 Å². The third-order valence-electron chi connectivity index (χ3n) is 4.24. The predicted octanol–water partition coefficient (Wildman–Crippen LogP) is 2.51. The molecule has 1 amide bonds. The van der Waals surface area contributed by atoms with E-state index in [1.54, 1.807) is 7.11 Å². The summed E-state index contributed by atoms with van der Waals surface area (Å²) in [6.45, 7) is 4.29. The number of rotatable bonds is 11. The van der Waals surface area contributed by atoms with Crippen molar-refractivity contribution >= 4 is 17.7 Å². The van der Waals surface area contributed by atoms with Crippen LogP contribution in [-0.2, 0) is 9.53 Å². The van der Waals surface area contributed by atoms with Gasteiger partial charge in [-0.05, 0) is 37.5 Å². The van der Waals surface area contributed by atoms with Crippen molar-refractivity contribution in [3.63, 3.8) is 0 Å². The molecule has 0 aromatic rings. The second-order valence-corrected chi connectivity index (χ2v) is 7.02. The van der Waals surface area contributed by atoms with E-state index in [0.717, 1.165) is 38.1 Å². The number of nitrogens with two attached hydrogens (primary N) is 1. The smallest absolute Gasteiger partial charge is 0.222 e. The van der Waals surface area contributed by atoms with Gasteiger partial charge in [0.05, 0.1) is 6.61 Å². The Hall–Kier alpha value is -0.260. The van der Waals surface area contributed by atoms with Crippen LogP contribution >= 0.6 is 11.8 Å². The van der Waals surface area contributed by atoms with Gasteiger partial charge in [-0.2, -0.15) is 11.8 Å². The first kappa shape index (κ1) is 18.8. The molecule has 124 valence electrons. The monoisotopic (exact) mass is 316 g/mol. The summed E-state index contributed by atoms with van der Waals surface area (Å²) in [4.78, 5) is 14.6. The Labute approximate surface area is 134 Å². The van der Waals surface area contributed by atoms with Gasteiger partial charge in [-0.25, -0.2) is 0 Å². The zero-order valence-electron chi connectivity index (χ0n) is 13.7. The van der Waals surface area contributed by atoms with Crippen LogP contribution in [0.4, 0.5) is 0 Å². The maximum Gasteiger partial charge on any atom is 0.222 e. The standard InChI is InChI=1S/C16H32N2O2S/c1-3-4-14(7-9-17)5-6-16(19)18(10-11-20-2)15-8-12-21-13-15/h14-15H,3-13,17H2,1-2H3. The molecule has 5 heteroatoms. The number of methoxy groups -OCH3 is 1. The molecule has 1 saturated heterocycles. The van der Waals surface area contributed by atoms with Crippen LogP contribution < -0.4 is 5.73 Å². The first-order valence-corrected chi connectivity index (χ1v) is 9.44. The Morgan fingerprint density at radius 2 is 2.24 bits per heavy atom. The van der Waals surface area contributed by atoms with Crippen molar-refractivity contribution in [3.05, 3.63) is 0 Å². The molecule has 1 fully saturated rings. The van der Waals surface area contributed by atoms with E-state index in [2.05, 4.69) is 11.8 Å². The van der Waals surface area contributed by atoms with Gasteiger partial charge < -0.3 is 15.4 Å². The fourth-order valence-electron chi connectivity index (χ4n) is 3.02. The van der Waals surface area contributed by atoms with E-state index in [-0.39, 0.29) is 0 Å². The van der Waals surface area contributed by atoms with E-state index in [9.17, 15) is 4.79 Å². The average molecular weight is 317 g/mol. The number of hydrogen-bond acceptors (Lipinski definition) is 4. The molecule has 0 bridgehead atoms. The van der Waals surface area contributed by atoms with Crippen LogP contribution in [-0.4, -0.2) is 55.2 Å². The highest BCUT2D eigenvalue weighted by atomic mass is 32.2. The van der Waals surface area contributed by atoms with Crippen molar-refractivity contribution in [1.82, 2.24) is 4.90 Å². The Kier molecular flexibility index (Phi) is 10.1. The second kappa shape index (κ2) is 11.3. The number of thioether (sulfide) groups is 1. The zero-order chi connectivity index (χ0) is 15.5. The molecule has 2 atom stereocenters. The Morgan fingerprint density at radius 1 is 1.43 bits per heavy atom. The Balaban J connectivity index is 2.46. The fraction of sp³-hybridized carbons (Fsp3) is 0.938. The maximum absolute atomic E-state index is 12.6. The molecule has 4 nitrogen and oxygen atoms in total. The lowest BCUT2D eigenvalue weighted by atomic mass is 9.94. The highest BCUT2D eigenvalue weighted by Gasteiger charge is 2.26. The molecule has 21 heavy (non-hydrogen) atoms. The van der Waals surface area contributed by atoms with Crippen molar-refractivity contribution in [2.75, 3.05) is 38.3 Å². The number of nitrogens with zero attached hydrogens (tertiary/aromatic N) is 1. The van der Waals surface area contributed by atoms with Gasteiger partial charge in [-0.3, -0.25) is 4.79 Å². The summed E-state index contributed by atoms with van der Waals surface area (Å²) < 4.78 is 5.17. The quantitative estimate of drug-likeness (QED) is 0.636. The van der Waals surface area contributed by atoms with Crippen molar-refractivity contribution in [2.45, 2.75) is 51.5 Å². The van der Waals surface area contributed by atoms with Crippen LogP contribution in [0, 0.1) is 5.92 Å². The summed E-state index contributed by atoms with van der Waals surface area (Å²) in [7, 11) is 1.70. The molecule has 0 aliphatic carbocycles. The molecule has 0 spiro atoms. The van der Waals surface area contributed by atoms with Crippen molar-refractivity contribution in [3.8, 4) is 0 Å². The minimum atomic E-state index is 0.303. The highest BCUT2D eigenvalue weighted by Crippen LogP contribution is 2.24. The molecule has 1 aliphatic rings. The number of amides is 1. The normalized spacial score (nSPS) is 19.7. The first-order valence-electron chi connectivity index (χ1n) is 8.29. The van der Waals surface area contributed by atoms with Gasteiger partial charge in [0.2, 0.25) is 5.91 Å². The second-order valence-electron chi connectivity index (χ2n) is 5.87. The summed E-state index contributed by atoms with van der Waals surface area (Å²) in [5, 5.41) is 0. The van der Waals surface area contributed by atoms with Crippen LogP contribution in [0.2, 0.25) is 0 Å². The number of carbonyl (C=O) groups excluding carboxylic acids is 1. The highest BCUT2D eigenvalue weighted by molar-refractivity contribution is 7.99. The summed E-state index contributed by atoms with van der Waals surface area (Å²) in [6.07, 6.45) is 6.16. The topological polar surface area (TPSA) is 55.6 Å². The van der Waals surface area contributed by atoms with E-state index in [1.165, 1.54) is 18.6 Å². The molecular formula is C16H32N2O2S. The molecule has 1 rings (SSSR count). The fourth-order valence-corrected chi connectivity index (χ4v) is 4.24. The van der Waals surface area contributed by atoms with Crippen LogP contribution in [0.25, 0.3) is 0 Å². The number of carbonyl (C=O) groups is 1. The molecule has 0 radical (unpaired) electrons. The molecular weight excluding hydrogens is 284 g/mol. The molecule has 2 N–H and O–H groups in total. The van der Waals surface area contributed by atoms with Gasteiger partial charge in [0, 0.05) is 31.9 Å². The summed E-state index contributed by atoms with van der Waals surface area (Å²) in [5.41, 5.74) is 5.68. The minimum Gasteiger partial charge on any atom is -0.383 e. The van der Waals surface area contributed by atoms with Gasteiger partial charge in [0.1, 0.15) is 0 Å². The molecule has 0 aromatic carbocycles. The van der Waals surface area contributed by atoms with Crippen molar-refractivity contribution < 1.29 is 9.53 Å². The SMILES string of the molecule is CCCC(CCN)CCC(=O)N(CCOC)C1CCSC1. The average Bonchev–Trinajstić information content (AvgIpc) is 2.99. The van der Waals surface area contributed by atoms with Gasteiger partial charge in [-0.1, -0.05) is 19.8 Å². The zero-order valence-corrected chi connectivity index (χ0v) is 14.5. The van der Waals surface area contributed by atoms with E-state index >= 15 is 0 Å². The van der Waals surface area contributed by atoms with Crippen LogP contribution in [0.3, 0.4) is 0 Å². The van der Waals surface area contributed by atoms with E-state index < -0.39 is 0 Å². The summed E-state index contributed by atoms with van der Waals surface area (Å²) in [5.74, 6) is 3.16. The number of hydrogen-bond donors (Lipinski definition) is 1. The third kappa shape index (κ3) is 7.02. The predicted molar refractivity (Wildman–Crippen MR) is 90.6 cm³/mol. The lowest BCUT2D eigenvalue weighted by molar-refractivity contribution is -0.134. The Bertz CT molecular complexity index is 277. The van der Waals surface area contributed by atoms with Gasteiger partial charge in [-0.15, -0.1) is 0 Å². The molecule has 1 aliphatic heterocycles. The molecule has 2 unspecified atom stereocenters. The number of ether oxygens (including phenoxy) is 1. The van der Waals surface area contributed by atoms with E-state index in [0.29, 0.717) is 30.9 Å². The van der Waals surface area contributed by atoms with Gasteiger partial charge in [0.25, 0.3) is 0 Å². The third-order valence-corrected chi connectivity index (χ3v) is 5.39. The van der Waals surface area contributed by atoms with Gasteiger partial charge in [0.15, 0.2) is 0 Å². The van der Waals surface area contributed by atoms with Crippen LogP contribution in [0.15, 0.2) is 0 Å². The lowest BCUT2D eigenvalue weighted by Crippen LogP contribution is -2.42. The van der Waals surface area contributed by atoms with Crippen molar-refractivity contribution in [1.29, 1.82) is 0 Å². The molecule has 0 saturated carbocycles. The van der Waals surface area contributed by atoms with Gasteiger partial charge >= 0.3 is 0 Å². The maximum atomic E-state index is 12.6. The Morgan fingerprint density at radius 3 is 2.81 bits per heavy atom. The van der Waals surface area contributed by atoms with E-state index in [1.807, 2.05) is 11.8 Å². The summed E-state index contributed by atoms with van der Waals surface area (Å²) in [6, 6.07) is 0.414. The minimum absolute atomic E-state index is 0.303. The molecule has 0 aromatic heterocycles. The van der Waals surface area contributed by atoms with Crippen LogP contribution in [0.5, 0.6) is 0 Å². The first-order chi connectivity index (χ1) is 10.2. The van der Waals surface area contributed by atoms with Crippen LogP contribution in [0.1, 0.15) is 45.4 Å². The molecule has 1 heterocycles. The summed E-state index contributed by atoms with van der Waals surface area (Å²) >= 11 is 1.95. The van der Waals surface area contributed by atoms with Crippen molar-refractivity contribution in [2.24, 2.45) is 11.7 Å². The lowest BCUT2D eigenvalue weighted by Gasteiger charge is -2.29.